The molecule has 1 aromatic carbocycles. The smallest absolute Gasteiger partial charge is 0.420 e. The molecule has 0 radical (unpaired) electrons. The van der Waals surface area contributed by atoms with Crippen molar-refractivity contribution in [2.45, 2.75) is 13.1 Å². The van der Waals surface area contributed by atoms with Gasteiger partial charge in [-0.15, -0.1) is 10.2 Å². The topological polar surface area (TPSA) is 99.5 Å². The number of benzene rings is 1. The summed E-state index contributed by atoms with van der Waals surface area (Å²) in [4.78, 5) is 0. The van der Waals surface area contributed by atoms with Crippen LogP contribution in [0.1, 0.15) is 18.3 Å². The lowest BCUT2D eigenvalue weighted by atomic mass is 10.1. The standard InChI is InChI=1S/C13H11F3N6O/c1-2-23-11-4-3-9(5-10(11)13(14,15)16)18-7-8(6-17)12-19-21-22-20-12/h3-5,7,18H,2H2,1H3,(H,19,20,21,22). The first kappa shape index (κ1) is 16.3. The van der Waals surface area contributed by atoms with Crippen molar-refractivity contribution in [1.82, 2.24) is 20.6 Å². The third kappa shape index (κ3) is 3.97. The minimum atomic E-state index is -4.56. The van der Waals surface area contributed by atoms with Gasteiger partial charge in [-0.05, 0) is 30.3 Å². The summed E-state index contributed by atoms with van der Waals surface area (Å²) in [5, 5.41) is 24.3. The normalized spacial score (nSPS) is 11.9. The summed E-state index contributed by atoms with van der Waals surface area (Å²) >= 11 is 0. The molecule has 10 heteroatoms. The van der Waals surface area contributed by atoms with Gasteiger partial charge in [-0.25, -0.2) is 0 Å². The number of hydrogen-bond donors (Lipinski definition) is 2. The van der Waals surface area contributed by atoms with Crippen LogP contribution in [-0.2, 0) is 6.18 Å². The zero-order valence-electron chi connectivity index (χ0n) is 11.8. The van der Waals surface area contributed by atoms with Gasteiger partial charge in [0.1, 0.15) is 17.4 Å². The van der Waals surface area contributed by atoms with Crippen LogP contribution in [0.3, 0.4) is 0 Å². The lowest BCUT2D eigenvalue weighted by Crippen LogP contribution is -2.09. The van der Waals surface area contributed by atoms with Gasteiger partial charge in [-0.2, -0.15) is 23.6 Å². The molecule has 0 atom stereocenters. The second kappa shape index (κ2) is 6.78. The molecule has 1 heterocycles. The zero-order valence-corrected chi connectivity index (χ0v) is 11.8. The number of aromatic nitrogens is 4. The number of rotatable bonds is 5. The predicted octanol–water partition coefficient (Wildman–Crippen LogP) is 2.59. The highest BCUT2D eigenvalue weighted by Crippen LogP contribution is 2.37. The first-order valence-electron chi connectivity index (χ1n) is 6.40. The van der Waals surface area contributed by atoms with Crippen LogP contribution in [0.25, 0.3) is 5.57 Å². The molecule has 7 nitrogen and oxygen atoms in total. The molecule has 0 aliphatic rings. The Morgan fingerprint density at radius 1 is 1.48 bits per heavy atom. The number of nitrogens with zero attached hydrogens (tertiary/aromatic N) is 4. The number of nitrogens with one attached hydrogen (secondary N) is 2. The lowest BCUT2D eigenvalue weighted by Gasteiger charge is -2.14. The lowest BCUT2D eigenvalue weighted by molar-refractivity contribution is -0.138. The third-order valence-corrected chi connectivity index (χ3v) is 2.67. The molecule has 120 valence electrons. The van der Waals surface area contributed by atoms with Crippen molar-refractivity contribution < 1.29 is 17.9 Å². The van der Waals surface area contributed by atoms with E-state index in [0.717, 1.165) is 6.07 Å². The fraction of sp³-hybridized carbons (Fsp3) is 0.231. The third-order valence-electron chi connectivity index (χ3n) is 2.67. The fourth-order valence-corrected chi connectivity index (χ4v) is 1.70. The van der Waals surface area contributed by atoms with Gasteiger partial charge in [0.25, 0.3) is 0 Å². The summed E-state index contributed by atoms with van der Waals surface area (Å²) in [6.07, 6.45) is -3.36. The Balaban J connectivity index is 2.29. The monoisotopic (exact) mass is 324 g/mol. The molecule has 0 aliphatic heterocycles. The average Bonchev–Trinajstić information content (AvgIpc) is 3.02. The molecule has 0 saturated heterocycles. The zero-order chi connectivity index (χ0) is 16.9. The van der Waals surface area contributed by atoms with E-state index >= 15 is 0 Å². The van der Waals surface area contributed by atoms with Gasteiger partial charge in [0.2, 0.25) is 5.82 Å². The SMILES string of the molecule is CCOc1ccc(NC=C(C#N)c2nn[nH]n2)cc1C(F)(F)F. The van der Waals surface area contributed by atoms with Crippen LogP contribution in [0.2, 0.25) is 0 Å². The molecular formula is C13H11F3N6O. The van der Waals surface area contributed by atoms with Crippen LogP contribution in [0.5, 0.6) is 5.75 Å². The van der Waals surface area contributed by atoms with Crippen molar-refractivity contribution in [3.05, 3.63) is 35.8 Å². The number of halogens is 3. The predicted molar refractivity (Wildman–Crippen MR) is 74.0 cm³/mol. The second-order valence-corrected chi connectivity index (χ2v) is 4.19. The fourth-order valence-electron chi connectivity index (χ4n) is 1.70. The van der Waals surface area contributed by atoms with E-state index in [1.807, 2.05) is 6.07 Å². The van der Waals surface area contributed by atoms with Crippen LogP contribution in [-0.4, -0.2) is 27.2 Å². The Hall–Kier alpha value is -3.09. The number of allylic oxidation sites excluding steroid dienone is 1. The first-order chi connectivity index (χ1) is 11.0. The highest BCUT2D eigenvalue weighted by atomic mass is 19.4. The van der Waals surface area contributed by atoms with Crippen molar-refractivity contribution in [3.63, 3.8) is 0 Å². The van der Waals surface area contributed by atoms with E-state index in [9.17, 15) is 13.2 Å². The maximum atomic E-state index is 13.0. The number of anilines is 1. The Morgan fingerprint density at radius 2 is 2.26 bits per heavy atom. The molecule has 0 aliphatic carbocycles. The van der Waals surface area contributed by atoms with Gasteiger partial charge in [-0.3, -0.25) is 0 Å². The molecule has 23 heavy (non-hydrogen) atoms. The highest BCUT2D eigenvalue weighted by molar-refractivity contribution is 5.74. The summed E-state index contributed by atoms with van der Waals surface area (Å²) in [6, 6.07) is 5.33. The van der Waals surface area contributed by atoms with E-state index in [4.69, 9.17) is 10.00 Å². The number of H-pyrrole nitrogens is 1. The van der Waals surface area contributed by atoms with Crippen LogP contribution >= 0.6 is 0 Å². The van der Waals surface area contributed by atoms with Gasteiger partial charge in [0.05, 0.1) is 12.2 Å². The molecule has 0 amide bonds. The summed E-state index contributed by atoms with van der Waals surface area (Å²) in [7, 11) is 0. The minimum absolute atomic E-state index is 0.0150. The molecule has 0 unspecified atom stereocenters. The van der Waals surface area contributed by atoms with Crippen molar-refractivity contribution >= 4 is 11.3 Å². The van der Waals surface area contributed by atoms with Crippen LogP contribution < -0.4 is 10.1 Å². The molecule has 0 spiro atoms. The first-order valence-corrected chi connectivity index (χ1v) is 6.40. The van der Waals surface area contributed by atoms with E-state index in [1.54, 1.807) is 6.92 Å². The number of aromatic amines is 1. The van der Waals surface area contributed by atoms with Crippen LogP contribution in [0, 0.1) is 11.3 Å². The van der Waals surface area contributed by atoms with Crippen molar-refractivity contribution in [1.29, 1.82) is 5.26 Å². The molecule has 0 saturated carbocycles. The van der Waals surface area contributed by atoms with Gasteiger partial charge in [0.15, 0.2) is 0 Å². The van der Waals surface area contributed by atoms with Gasteiger partial charge in [-0.1, -0.05) is 0 Å². The number of nitriles is 1. The van der Waals surface area contributed by atoms with Gasteiger partial charge in [0, 0.05) is 11.9 Å². The van der Waals surface area contributed by atoms with Gasteiger partial charge >= 0.3 is 6.18 Å². The second-order valence-electron chi connectivity index (χ2n) is 4.19. The maximum absolute atomic E-state index is 13.0. The Bertz CT molecular complexity index is 733. The van der Waals surface area contributed by atoms with Crippen LogP contribution in [0.4, 0.5) is 18.9 Å². The van der Waals surface area contributed by atoms with E-state index in [2.05, 4.69) is 25.9 Å². The molecule has 1 aromatic heterocycles. The number of tetrazole rings is 1. The molecular weight excluding hydrogens is 313 g/mol. The molecule has 0 bridgehead atoms. The Kier molecular flexibility index (Phi) is 4.80. The minimum Gasteiger partial charge on any atom is -0.493 e. The van der Waals surface area contributed by atoms with Crippen LogP contribution in [0.15, 0.2) is 24.4 Å². The molecule has 2 N–H and O–H groups in total. The summed E-state index contributed by atoms with van der Waals surface area (Å²) < 4.78 is 44.1. The van der Waals surface area contributed by atoms with E-state index in [1.165, 1.54) is 18.3 Å². The van der Waals surface area contributed by atoms with E-state index in [0.29, 0.717) is 0 Å². The van der Waals surface area contributed by atoms with Crippen molar-refractivity contribution in [3.8, 4) is 11.8 Å². The van der Waals surface area contributed by atoms with E-state index in [-0.39, 0.29) is 29.4 Å². The Labute approximate surface area is 128 Å². The number of alkyl halides is 3. The maximum Gasteiger partial charge on any atom is 0.420 e. The van der Waals surface area contributed by atoms with Gasteiger partial charge < -0.3 is 10.1 Å². The quantitative estimate of drug-likeness (QED) is 0.820. The number of ether oxygens (including phenoxy) is 1. The average molecular weight is 324 g/mol. The molecule has 2 aromatic rings. The molecule has 0 fully saturated rings. The van der Waals surface area contributed by atoms with Crippen molar-refractivity contribution in [2.75, 3.05) is 11.9 Å². The highest BCUT2D eigenvalue weighted by Gasteiger charge is 2.34. The summed E-state index contributed by atoms with van der Waals surface area (Å²) in [5.41, 5.74) is -0.756. The Morgan fingerprint density at radius 3 is 2.83 bits per heavy atom. The number of hydrogen-bond acceptors (Lipinski definition) is 6. The largest absolute Gasteiger partial charge is 0.493 e. The molecule has 2 rings (SSSR count). The van der Waals surface area contributed by atoms with E-state index < -0.39 is 11.7 Å². The van der Waals surface area contributed by atoms with Crippen molar-refractivity contribution in [2.24, 2.45) is 0 Å². The summed E-state index contributed by atoms with van der Waals surface area (Å²) in [6.45, 7) is 1.71. The summed E-state index contributed by atoms with van der Waals surface area (Å²) in [5.74, 6) is -0.227.